The maximum atomic E-state index is 6.36. The molecule has 0 radical (unpaired) electrons. The predicted molar refractivity (Wildman–Crippen MR) is 228 cm³/mol. The van der Waals surface area contributed by atoms with Crippen LogP contribution in [0.25, 0.3) is 77.2 Å². The normalized spacial score (nSPS) is 11.3. The molecule has 0 spiro atoms. The van der Waals surface area contributed by atoms with Crippen LogP contribution in [0.15, 0.2) is 217 Å². The van der Waals surface area contributed by atoms with Crippen molar-refractivity contribution in [3.63, 3.8) is 0 Å². The SMILES string of the molecule is c1ccc(-c2ccc(N(c3cccc(-c4ccccc4-c4cccc5ccccc45)c3)c3ccccc3-c3ccc4c(c3)oc3ccccc34)cc2)cc1. The van der Waals surface area contributed by atoms with E-state index in [9.17, 15) is 0 Å². The molecule has 0 bridgehead atoms. The molecule has 0 saturated heterocycles. The van der Waals surface area contributed by atoms with Crippen molar-refractivity contribution in [3.05, 3.63) is 212 Å². The lowest BCUT2D eigenvalue weighted by atomic mass is 9.91. The van der Waals surface area contributed by atoms with Crippen LogP contribution in [0.2, 0.25) is 0 Å². The molecule has 254 valence electrons. The van der Waals surface area contributed by atoms with Gasteiger partial charge in [0.05, 0.1) is 5.69 Å². The zero-order valence-electron chi connectivity index (χ0n) is 29.6. The molecular formula is C52H35NO. The number of para-hydroxylation sites is 2. The molecule has 0 aliphatic carbocycles. The van der Waals surface area contributed by atoms with Crippen LogP contribution in [0.1, 0.15) is 0 Å². The van der Waals surface area contributed by atoms with E-state index < -0.39 is 0 Å². The molecule has 0 atom stereocenters. The van der Waals surface area contributed by atoms with E-state index in [1.165, 1.54) is 38.6 Å². The molecule has 54 heavy (non-hydrogen) atoms. The van der Waals surface area contributed by atoms with Gasteiger partial charge < -0.3 is 9.32 Å². The monoisotopic (exact) mass is 689 g/mol. The summed E-state index contributed by atoms with van der Waals surface area (Å²) in [6, 6.07) is 75.9. The highest BCUT2D eigenvalue weighted by Crippen LogP contribution is 2.44. The fourth-order valence-corrected chi connectivity index (χ4v) is 7.91. The van der Waals surface area contributed by atoms with Gasteiger partial charge in [-0.05, 0) is 98.2 Å². The Hall–Kier alpha value is -7.16. The van der Waals surface area contributed by atoms with E-state index in [1.54, 1.807) is 0 Å². The van der Waals surface area contributed by atoms with Crippen molar-refractivity contribution in [1.29, 1.82) is 0 Å². The highest BCUT2D eigenvalue weighted by Gasteiger charge is 2.20. The number of furan rings is 1. The van der Waals surface area contributed by atoms with Gasteiger partial charge in [-0.25, -0.2) is 0 Å². The Balaban J connectivity index is 1.14. The van der Waals surface area contributed by atoms with E-state index in [4.69, 9.17) is 4.42 Å². The maximum Gasteiger partial charge on any atom is 0.136 e. The van der Waals surface area contributed by atoms with Gasteiger partial charge in [-0.2, -0.15) is 0 Å². The summed E-state index contributed by atoms with van der Waals surface area (Å²) in [7, 11) is 0. The minimum atomic E-state index is 0.884. The smallest absolute Gasteiger partial charge is 0.136 e. The van der Waals surface area contributed by atoms with Gasteiger partial charge in [0.1, 0.15) is 11.2 Å². The average Bonchev–Trinajstić information content (AvgIpc) is 3.62. The Morgan fingerprint density at radius 3 is 1.74 bits per heavy atom. The van der Waals surface area contributed by atoms with Crippen LogP contribution < -0.4 is 4.90 Å². The van der Waals surface area contributed by atoms with Gasteiger partial charge >= 0.3 is 0 Å². The Morgan fingerprint density at radius 1 is 0.296 bits per heavy atom. The lowest BCUT2D eigenvalue weighted by molar-refractivity contribution is 0.669. The molecule has 0 saturated carbocycles. The largest absolute Gasteiger partial charge is 0.456 e. The Bertz CT molecular complexity index is 2930. The highest BCUT2D eigenvalue weighted by atomic mass is 16.3. The van der Waals surface area contributed by atoms with Gasteiger partial charge in [0.25, 0.3) is 0 Å². The summed E-state index contributed by atoms with van der Waals surface area (Å²) in [5, 5.41) is 4.74. The summed E-state index contributed by atoms with van der Waals surface area (Å²) >= 11 is 0. The summed E-state index contributed by atoms with van der Waals surface area (Å²) in [5.74, 6) is 0. The molecule has 0 fully saturated rings. The van der Waals surface area contributed by atoms with Gasteiger partial charge in [0, 0.05) is 27.7 Å². The first-order chi connectivity index (χ1) is 26.8. The Morgan fingerprint density at radius 2 is 0.870 bits per heavy atom. The number of benzene rings is 9. The van der Waals surface area contributed by atoms with Gasteiger partial charge in [-0.15, -0.1) is 0 Å². The number of fused-ring (bicyclic) bond motifs is 4. The summed E-state index contributed by atoms with van der Waals surface area (Å²) in [6.45, 7) is 0. The summed E-state index contributed by atoms with van der Waals surface area (Å²) in [5.41, 5.74) is 14.4. The van der Waals surface area contributed by atoms with Crippen LogP contribution in [-0.4, -0.2) is 0 Å². The fraction of sp³-hybridized carbons (Fsp3) is 0. The molecule has 1 heterocycles. The van der Waals surface area contributed by atoms with Gasteiger partial charge in [-0.1, -0.05) is 164 Å². The van der Waals surface area contributed by atoms with Crippen molar-refractivity contribution in [2.75, 3.05) is 4.90 Å². The fourth-order valence-electron chi connectivity index (χ4n) is 7.91. The van der Waals surface area contributed by atoms with Crippen molar-refractivity contribution in [1.82, 2.24) is 0 Å². The highest BCUT2D eigenvalue weighted by molar-refractivity contribution is 6.06. The van der Waals surface area contributed by atoms with Crippen LogP contribution >= 0.6 is 0 Å². The lowest BCUT2D eigenvalue weighted by Gasteiger charge is -2.28. The molecule has 0 aliphatic rings. The molecule has 0 aliphatic heterocycles. The number of hydrogen-bond acceptors (Lipinski definition) is 2. The zero-order valence-corrected chi connectivity index (χ0v) is 29.6. The van der Waals surface area contributed by atoms with Crippen LogP contribution in [0.3, 0.4) is 0 Å². The number of hydrogen-bond donors (Lipinski definition) is 0. The van der Waals surface area contributed by atoms with Crippen LogP contribution in [0.4, 0.5) is 17.1 Å². The first-order valence-electron chi connectivity index (χ1n) is 18.4. The molecule has 2 nitrogen and oxygen atoms in total. The molecular weight excluding hydrogens is 655 g/mol. The van der Waals surface area contributed by atoms with E-state index >= 15 is 0 Å². The second-order valence-electron chi connectivity index (χ2n) is 13.7. The number of anilines is 3. The predicted octanol–water partition coefficient (Wildman–Crippen LogP) is 14.9. The lowest BCUT2D eigenvalue weighted by Crippen LogP contribution is -2.11. The molecule has 0 unspecified atom stereocenters. The maximum absolute atomic E-state index is 6.36. The minimum absolute atomic E-state index is 0.884. The molecule has 10 aromatic rings. The Labute approximate surface area is 314 Å². The molecule has 10 rings (SSSR count). The van der Waals surface area contributed by atoms with Crippen molar-refractivity contribution in [2.45, 2.75) is 0 Å². The quantitative estimate of drug-likeness (QED) is 0.166. The van der Waals surface area contributed by atoms with Crippen molar-refractivity contribution >= 4 is 49.8 Å². The van der Waals surface area contributed by atoms with Gasteiger partial charge in [0.2, 0.25) is 0 Å². The van der Waals surface area contributed by atoms with Gasteiger partial charge in [-0.3, -0.25) is 0 Å². The topological polar surface area (TPSA) is 16.4 Å². The van der Waals surface area contributed by atoms with E-state index in [1.807, 2.05) is 12.1 Å². The van der Waals surface area contributed by atoms with E-state index in [0.717, 1.165) is 55.7 Å². The van der Waals surface area contributed by atoms with Crippen LogP contribution in [-0.2, 0) is 0 Å². The van der Waals surface area contributed by atoms with E-state index in [2.05, 4.69) is 205 Å². The second-order valence-corrected chi connectivity index (χ2v) is 13.7. The van der Waals surface area contributed by atoms with E-state index in [0.29, 0.717) is 0 Å². The van der Waals surface area contributed by atoms with Crippen molar-refractivity contribution in [3.8, 4) is 44.5 Å². The third-order valence-corrected chi connectivity index (χ3v) is 10.5. The van der Waals surface area contributed by atoms with Crippen molar-refractivity contribution in [2.24, 2.45) is 0 Å². The van der Waals surface area contributed by atoms with E-state index in [-0.39, 0.29) is 0 Å². The minimum Gasteiger partial charge on any atom is -0.456 e. The average molecular weight is 690 g/mol. The molecule has 0 amide bonds. The van der Waals surface area contributed by atoms with Crippen LogP contribution in [0.5, 0.6) is 0 Å². The van der Waals surface area contributed by atoms with Crippen molar-refractivity contribution < 1.29 is 4.42 Å². The molecule has 0 N–H and O–H groups in total. The van der Waals surface area contributed by atoms with Crippen LogP contribution in [0, 0.1) is 0 Å². The number of nitrogens with zero attached hydrogens (tertiary/aromatic N) is 1. The summed E-state index contributed by atoms with van der Waals surface area (Å²) in [4.78, 5) is 2.39. The second kappa shape index (κ2) is 13.4. The zero-order chi connectivity index (χ0) is 35.8. The Kier molecular flexibility index (Phi) is 7.85. The molecule has 9 aromatic carbocycles. The standard InChI is InChI=1S/C52H35NO/c1-2-14-36(15-3-1)37-28-31-41(32-29-37)53(50-26-10-8-22-45(50)40-30-33-49-48-24-9-11-27-51(48)54-52(49)35-40)42-19-12-18-39(34-42)44-21-6-7-23-46(44)47-25-13-17-38-16-4-5-20-43(38)47/h1-35H. The molecule has 1 aromatic heterocycles. The molecule has 2 heteroatoms. The third kappa shape index (κ3) is 5.62. The summed E-state index contributed by atoms with van der Waals surface area (Å²) in [6.07, 6.45) is 0. The first kappa shape index (κ1) is 31.6. The first-order valence-corrected chi connectivity index (χ1v) is 18.4. The summed E-state index contributed by atoms with van der Waals surface area (Å²) < 4.78 is 6.36. The number of rotatable bonds is 7. The van der Waals surface area contributed by atoms with Gasteiger partial charge in [0.15, 0.2) is 0 Å². The third-order valence-electron chi connectivity index (χ3n) is 10.5.